The molecule has 1 aromatic heterocycles. The molecule has 0 aliphatic carbocycles. The Morgan fingerprint density at radius 3 is 3.16 bits per heavy atom. The second-order valence-corrected chi connectivity index (χ2v) is 5.77. The number of aliphatic hydroxyl groups is 1. The summed E-state index contributed by atoms with van der Waals surface area (Å²) >= 11 is 3.43. The van der Waals surface area contributed by atoms with Gasteiger partial charge in [0.05, 0.1) is 25.7 Å². The number of carbonyl (C=O) groups is 1. The van der Waals surface area contributed by atoms with E-state index in [4.69, 9.17) is 9.84 Å². The number of rotatable bonds is 2. The van der Waals surface area contributed by atoms with Crippen molar-refractivity contribution >= 4 is 27.7 Å². The summed E-state index contributed by atoms with van der Waals surface area (Å²) in [6.45, 7) is 1.35. The lowest BCUT2D eigenvalue weighted by atomic mass is 9.79. The molecule has 2 aliphatic heterocycles. The van der Waals surface area contributed by atoms with Gasteiger partial charge in [-0.3, -0.25) is 9.69 Å². The number of β-amino-alcohol motifs (C(OH)–C–C–N with tert-alkyl or cyclic N) is 1. The molecule has 6 heteroatoms. The zero-order valence-corrected chi connectivity index (χ0v) is 12.0. The minimum Gasteiger partial charge on any atom is -0.395 e. The van der Waals surface area contributed by atoms with E-state index in [0.717, 1.165) is 16.5 Å². The minimum atomic E-state index is -0.149. The summed E-state index contributed by atoms with van der Waals surface area (Å²) in [7, 11) is 0. The number of hydrogen-bond acceptors (Lipinski definition) is 4. The van der Waals surface area contributed by atoms with Crippen molar-refractivity contribution in [3.05, 3.63) is 22.3 Å². The van der Waals surface area contributed by atoms with Crippen LogP contribution in [0.5, 0.6) is 0 Å². The lowest BCUT2D eigenvalue weighted by Gasteiger charge is -2.40. The number of ether oxygens (including phenoxy) is 1. The third kappa shape index (κ3) is 2.17. The predicted molar refractivity (Wildman–Crippen MR) is 73.0 cm³/mol. The first kappa shape index (κ1) is 13.0. The fourth-order valence-corrected chi connectivity index (χ4v) is 3.27. The smallest absolute Gasteiger partial charge is 0.234 e. The second kappa shape index (κ2) is 5.19. The Labute approximate surface area is 119 Å². The number of carbonyl (C=O) groups excluding carboxylic acids is 1. The first-order chi connectivity index (χ1) is 9.22. The molecule has 3 heterocycles. The maximum Gasteiger partial charge on any atom is 0.234 e. The fourth-order valence-electron chi connectivity index (χ4n) is 2.92. The lowest BCUT2D eigenvalue weighted by Crippen LogP contribution is -2.48. The zero-order valence-electron chi connectivity index (χ0n) is 10.4. The maximum atomic E-state index is 12.5. The third-order valence-corrected chi connectivity index (χ3v) is 4.21. The van der Waals surface area contributed by atoms with Crippen LogP contribution >= 0.6 is 15.9 Å². The standard InChI is InChI=1S/C13H15BrN2O3/c14-8-5-10-9-1-4-19-7-11(9)13(18)16(2-3-17)12(10)15-6-8/h5-6,9,11,17H,1-4,7H2/t9-,11+/m0/s1. The van der Waals surface area contributed by atoms with E-state index >= 15 is 0 Å². The summed E-state index contributed by atoms with van der Waals surface area (Å²) in [4.78, 5) is 18.4. The van der Waals surface area contributed by atoms with Crippen molar-refractivity contribution in [2.24, 2.45) is 5.92 Å². The summed E-state index contributed by atoms with van der Waals surface area (Å²) in [6.07, 6.45) is 2.53. The van der Waals surface area contributed by atoms with Crippen LogP contribution in [0.2, 0.25) is 0 Å². The highest BCUT2D eigenvalue weighted by molar-refractivity contribution is 9.10. The maximum absolute atomic E-state index is 12.5. The number of pyridine rings is 1. The molecule has 1 N–H and O–H groups in total. The molecule has 3 rings (SSSR count). The Kier molecular flexibility index (Phi) is 3.56. The van der Waals surface area contributed by atoms with Gasteiger partial charge in [-0.05, 0) is 28.4 Å². The Hall–Kier alpha value is -0.980. The van der Waals surface area contributed by atoms with Gasteiger partial charge in [0.2, 0.25) is 5.91 Å². The van der Waals surface area contributed by atoms with Gasteiger partial charge >= 0.3 is 0 Å². The van der Waals surface area contributed by atoms with E-state index in [-0.39, 0.29) is 30.9 Å². The first-order valence-corrected chi connectivity index (χ1v) is 7.17. The van der Waals surface area contributed by atoms with Crippen LogP contribution in [0.25, 0.3) is 0 Å². The molecule has 1 amide bonds. The Bertz CT molecular complexity index is 509. The van der Waals surface area contributed by atoms with Gasteiger partial charge in [0, 0.05) is 28.8 Å². The van der Waals surface area contributed by atoms with E-state index in [1.165, 1.54) is 0 Å². The minimum absolute atomic E-state index is 0.0149. The van der Waals surface area contributed by atoms with Crippen molar-refractivity contribution in [1.29, 1.82) is 0 Å². The predicted octanol–water partition coefficient (Wildman–Crippen LogP) is 1.30. The molecule has 102 valence electrons. The lowest BCUT2D eigenvalue weighted by molar-refractivity contribution is -0.128. The summed E-state index contributed by atoms with van der Waals surface area (Å²) in [5, 5.41) is 9.15. The van der Waals surface area contributed by atoms with Crippen LogP contribution < -0.4 is 4.90 Å². The van der Waals surface area contributed by atoms with Gasteiger partial charge in [0.15, 0.2) is 0 Å². The molecule has 2 atom stereocenters. The SMILES string of the molecule is O=C1[C@@H]2COCC[C@H]2c2cc(Br)cnc2N1CCO. The van der Waals surface area contributed by atoms with Crippen LogP contribution in [-0.2, 0) is 9.53 Å². The van der Waals surface area contributed by atoms with Crippen LogP contribution in [0.3, 0.4) is 0 Å². The van der Waals surface area contributed by atoms with E-state index in [1.807, 2.05) is 6.07 Å². The number of fused-ring (bicyclic) bond motifs is 3. The van der Waals surface area contributed by atoms with Gasteiger partial charge in [0.1, 0.15) is 5.82 Å². The molecule has 0 unspecified atom stereocenters. The number of anilines is 1. The van der Waals surface area contributed by atoms with Crippen molar-refractivity contribution in [2.45, 2.75) is 12.3 Å². The van der Waals surface area contributed by atoms with E-state index in [9.17, 15) is 4.79 Å². The molecular weight excluding hydrogens is 312 g/mol. The molecule has 1 aromatic rings. The molecule has 1 fully saturated rings. The van der Waals surface area contributed by atoms with E-state index in [2.05, 4.69) is 20.9 Å². The molecule has 1 saturated heterocycles. The van der Waals surface area contributed by atoms with Gasteiger partial charge in [-0.25, -0.2) is 4.98 Å². The van der Waals surface area contributed by atoms with Gasteiger partial charge in [-0.1, -0.05) is 0 Å². The number of nitrogens with zero attached hydrogens (tertiary/aromatic N) is 2. The molecule has 5 nitrogen and oxygen atoms in total. The van der Waals surface area contributed by atoms with Crippen LogP contribution in [0.15, 0.2) is 16.7 Å². The molecule has 0 aromatic carbocycles. The largest absolute Gasteiger partial charge is 0.395 e. The molecule has 0 saturated carbocycles. The second-order valence-electron chi connectivity index (χ2n) is 4.86. The van der Waals surface area contributed by atoms with Crippen molar-refractivity contribution in [2.75, 3.05) is 31.3 Å². The van der Waals surface area contributed by atoms with Crippen molar-refractivity contribution < 1.29 is 14.6 Å². The average molecular weight is 327 g/mol. The molecule has 0 bridgehead atoms. The van der Waals surface area contributed by atoms with Crippen LogP contribution in [-0.4, -0.2) is 42.4 Å². The van der Waals surface area contributed by atoms with E-state index in [0.29, 0.717) is 19.0 Å². The van der Waals surface area contributed by atoms with Gasteiger partial charge in [-0.2, -0.15) is 0 Å². The van der Waals surface area contributed by atoms with Crippen molar-refractivity contribution in [3.8, 4) is 0 Å². The van der Waals surface area contributed by atoms with Crippen molar-refractivity contribution in [1.82, 2.24) is 4.98 Å². The number of aromatic nitrogens is 1. The van der Waals surface area contributed by atoms with Crippen LogP contribution in [0, 0.1) is 5.92 Å². The highest BCUT2D eigenvalue weighted by Gasteiger charge is 2.42. The first-order valence-electron chi connectivity index (χ1n) is 6.38. The number of amides is 1. The summed E-state index contributed by atoms with van der Waals surface area (Å²) in [5.41, 5.74) is 1.08. The van der Waals surface area contributed by atoms with E-state index in [1.54, 1.807) is 11.1 Å². The monoisotopic (exact) mass is 326 g/mol. The summed E-state index contributed by atoms with van der Waals surface area (Å²) < 4.78 is 6.35. The molecule has 2 aliphatic rings. The van der Waals surface area contributed by atoms with Gasteiger partial charge < -0.3 is 9.84 Å². The fraction of sp³-hybridized carbons (Fsp3) is 0.538. The summed E-state index contributed by atoms with van der Waals surface area (Å²) in [6, 6.07) is 2.03. The average Bonchev–Trinajstić information content (AvgIpc) is 2.44. The quantitative estimate of drug-likeness (QED) is 0.889. The van der Waals surface area contributed by atoms with Crippen molar-refractivity contribution in [3.63, 3.8) is 0 Å². The normalized spacial score (nSPS) is 26.0. The number of hydrogen-bond donors (Lipinski definition) is 1. The Morgan fingerprint density at radius 2 is 2.37 bits per heavy atom. The van der Waals surface area contributed by atoms with Gasteiger partial charge in [0.25, 0.3) is 0 Å². The topological polar surface area (TPSA) is 62.7 Å². The van der Waals surface area contributed by atoms with Crippen LogP contribution in [0.1, 0.15) is 17.9 Å². The molecular formula is C13H15BrN2O3. The van der Waals surface area contributed by atoms with Crippen LogP contribution in [0.4, 0.5) is 5.82 Å². The Morgan fingerprint density at radius 1 is 1.53 bits per heavy atom. The van der Waals surface area contributed by atoms with E-state index < -0.39 is 0 Å². The number of halogens is 1. The molecule has 0 spiro atoms. The van der Waals surface area contributed by atoms with Gasteiger partial charge in [-0.15, -0.1) is 0 Å². The molecule has 0 radical (unpaired) electrons. The highest BCUT2D eigenvalue weighted by atomic mass is 79.9. The Balaban J connectivity index is 2.08. The summed E-state index contributed by atoms with van der Waals surface area (Å²) in [5.74, 6) is 0.728. The zero-order chi connectivity index (χ0) is 13.4. The third-order valence-electron chi connectivity index (χ3n) is 3.78. The highest BCUT2D eigenvalue weighted by Crippen LogP contribution is 2.42. The number of aliphatic hydroxyl groups excluding tert-OH is 1. The molecule has 19 heavy (non-hydrogen) atoms.